The lowest BCUT2D eigenvalue weighted by atomic mass is 10.1. The highest BCUT2D eigenvalue weighted by molar-refractivity contribution is 5.69. The molecule has 0 rings (SSSR count). The van der Waals surface area contributed by atoms with Gasteiger partial charge in [-0.2, -0.15) is 0 Å². The number of aliphatic hydroxyl groups is 3. The molecule has 0 aromatic rings. The summed E-state index contributed by atoms with van der Waals surface area (Å²) in [5.41, 5.74) is 0. The smallest absolute Gasteiger partial charge is 0.305 e. The molecule has 0 bridgehead atoms. The zero-order valence-electron chi connectivity index (χ0n) is 16.5. The third kappa shape index (κ3) is 16.1. The van der Waals surface area contributed by atoms with E-state index < -0.39 is 18.3 Å². The first-order valence-corrected chi connectivity index (χ1v) is 9.72. The van der Waals surface area contributed by atoms with Crippen LogP contribution in [0.3, 0.4) is 0 Å². The standard InChI is InChI=1S/C22H34O5/c1-3-5-10-14-19(23)15-11-8-6-7-9-12-16-20(24)21(25)17-13-18-22(26)27-4-2/h7,9,11-12,15-16,19-21,23-25H,3-5,10,13-14,17-18H2,1-2H3/b9-7+,15-11+,16-12+/t19-,20+,21-/m0/s1. The molecule has 0 aromatic heterocycles. The van der Waals surface area contributed by atoms with Crippen LogP contribution < -0.4 is 0 Å². The van der Waals surface area contributed by atoms with Crippen molar-refractivity contribution >= 4 is 5.97 Å². The molecule has 0 amide bonds. The quantitative estimate of drug-likeness (QED) is 0.198. The van der Waals surface area contributed by atoms with Crippen LogP contribution in [0.1, 0.15) is 58.8 Å². The molecule has 5 nitrogen and oxygen atoms in total. The van der Waals surface area contributed by atoms with Crippen LogP contribution in [0.15, 0.2) is 36.5 Å². The number of hydrogen-bond donors (Lipinski definition) is 3. The molecule has 3 N–H and O–H groups in total. The van der Waals surface area contributed by atoms with Gasteiger partial charge in [0.05, 0.1) is 24.9 Å². The Hall–Kier alpha value is -1.87. The summed E-state index contributed by atoms with van der Waals surface area (Å²) >= 11 is 0. The maximum atomic E-state index is 11.2. The van der Waals surface area contributed by atoms with Gasteiger partial charge in [0.25, 0.3) is 0 Å². The second kappa shape index (κ2) is 17.5. The topological polar surface area (TPSA) is 87.0 Å². The molecule has 0 heterocycles. The number of rotatable bonds is 13. The third-order valence-electron chi connectivity index (χ3n) is 3.77. The SMILES string of the molecule is CCCCC[C@H](O)/C=C/C#C/C=C/C=C/[C@@H](O)[C@@H](O)CCCC(=O)OCC. The minimum atomic E-state index is -0.997. The fourth-order valence-corrected chi connectivity index (χ4v) is 2.22. The summed E-state index contributed by atoms with van der Waals surface area (Å²) in [5, 5.41) is 29.3. The third-order valence-corrected chi connectivity index (χ3v) is 3.77. The lowest BCUT2D eigenvalue weighted by Gasteiger charge is -2.13. The molecular formula is C22H34O5. The zero-order chi connectivity index (χ0) is 20.3. The van der Waals surface area contributed by atoms with E-state index in [0.717, 1.165) is 25.7 Å². The normalized spacial score (nSPS) is 15.0. The molecule has 0 unspecified atom stereocenters. The van der Waals surface area contributed by atoms with Gasteiger partial charge in [-0.1, -0.05) is 56.3 Å². The summed E-state index contributed by atoms with van der Waals surface area (Å²) < 4.78 is 4.80. The average molecular weight is 379 g/mol. The van der Waals surface area contributed by atoms with Gasteiger partial charge in [-0.15, -0.1) is 0 Å². The monoisotopic (exact) mass is 378 g/mol. The number of allylic oxidation sites excluding steroid dienone is 4. The van der Waals surface area contributed by atoms with E-state index in [1.165, 1.54) is 6.08 Å². The number of aliphatic hydroxyl groups excluding tert-OH is 3. The summed E-state index contributed by atoms with van der Waals surface area (Å²) in [7, 11) is 0. The highest BCUT2D eigenvalue weighted by atomic mass is 16.5. The molecule has 0 aliphatic heterocycles. The van der Waals surface area contributed by atoms with Gasteiger partial charge in [0, 0.05) is 6.42 Å². The fourth-order valence-electron chi connectivity index (χ4n) is 2.22. The number of esters is 1. The van der Waals surface area contributed by atoms with E-state index >= 15 is 0 Å². The highest BCUT2D eigenvalue weighted by Gasteiger charge is 2.13. The number of ether oxygens (including phenoxy) is 1. The predicted octanol–water partition coefficient (Wildman–Crippen LogP) is 3.05. The van der Waals surface area contributed by atoms with Crippen LogP contribution in [0.25, 0.3) is 0 Å². The van der Waals surface area contributed by atoms with E-state index in [1.807, 2.05) is 0 Å². The first kappa shape index (κ1) is 25.1. The molecule has 0 aromatic carbocycles. The Morgan fingerprint density at radius 3 is 2.41 bits per heavy atom. The minimum Gasteiger partial charge on any atom is -0.466 e. The Bertz CT molecular complexity index is 525. The van der Waals surface area contributed by atoms with Crippen LogP contribution in [-0.2, 0) is 9.53 Å². The Morgan fingerprint density at radius 1 is 0.963 bits per heavy atom. The van der Waals surface area contributed by atoms with Crippen molar-refractivity contribution in [1.82, 2.24) is 0 Å². The molecule has 0 aliphatic rings. The molecule has 5 heteroatoms. The van der Waals surface area contributed by atoms with E-state index in [4.69, 9.17) is 4.74 Å². The molecular weight excluding hydrogens is 344 g/mol. The van der Waals surface area contributed by atoms with Crippen molar-refractivity contribution in [2.75, 3.05) is 6.61 Å². The molecule has 0 radical (unpaired) electrons. The maximum absolute atomic E-state index is 11.2. The average Bonchev–Trinajstić information content (AvgIpc) is 2.64. The van der Waals surface area contributed by atoms with Crippen LogP contribution in [-0.4, -0.2) is 46.2 Å². The van der Waals surface area contributed by atoms with Gasteiger partial charge in [-0.25, -0.2) is 0 Å². The van der Waals surface area contributed by atoms with Crippen molar-refractivity contribution in [2.45, 2.75) is 77.1 Å². The van der Waals surface area contributed by atoms with Crippen LogP contribution in [0, 0.1) is 11.8 Å². The van der Waals surface area contributed by atoms with Crippen LogP contribution in [0.4, 0.5) is 0 Å². The van der Waals surface area contributed by atoms with Gasteiger partial charge in [0.1, 0.15) is 0 Å². The predicted molar refractivity (Wildman–Crippen MR) is 108 cm³/mol. The molecule has 3 atom stereocenters. The van der Waals surface area contributed by atoms with Crippen molar-refractivity contribution < 1.29 is 24.9 Å². The van der Waals surface area contributed by atoms with E-state index in [1.54, 1.807) is 37.3 Å². The van der Waals surface area contributed by atoms with E-state index in [-0.39, 0.29) is 12.4 Å². The second-order valence-electron chi connectivity index (χ2n) is 6.21. The molecule has 0 aliphatic carbocycles. The summed E-state index contributed by atoms with van der Waals surface area (Å²) in [6.07, 6.45) is 12.3. The lowest BCUT2D eigenvalue weighted by molar-refractivity contribution is -0.143. The van der Waals surface area contributed by atoms with Crippen molar-refractivity contribution in [3.05, 3.63) is 36.5 Å². The lowest BCUT2D eigenvalue weighted by Crippen LogP contribution is -2.23. The van der Waals surface area contributed by atoms with Gasteiger partial charge < -0.3 is 20.1 Å². The Kier molecular flexibility index (Phi) is 16.3. The summed E-state index contributed by atoms with van der Waals surface area (Å²) in [5.74, 6) is 5.30. The second-order valence-corrected chi connectivity index (χ2v) is 6.21. The Labute approximate surface area is 163 Å². The van der Waals surface area contributed by atoms with Gasteiger partial charge in [-0.3, -0.25) is 4.79 Å². The maximum Gasteiger partial charge on any atom is 0.305 e. The first-order chi connectivity index (χ1) is 13.0. The largest absolute Gasteiger partial charge is 0.466 e. The van der Waals surface area contributed by atoms with Crippen LogP contribution in [0.5, 0.6) is 0 Å². The molecule has 0 spiro atoms. The van der Waals surface area contributed by atoms with Gasteiger partial charge in [-0.05, 0) is 44.4 Å². The zero-order valence-corrected chi connectivity index (χ0v) is 16.5. The minimum absolute atomic E-state index is 0.234. The molecule has 0 saturated carbocycles. The van der Waals surface area contributed by atoms with Crippen molar-refractivity contribution in [3.63, 3.8) is 0 Å². The van der Waals surface area contributed by atoms with Crippen LogP contribution in [0.2, 0.25) is 0 Å². The molecule has 152 valence electrons. The molecule has 0 fully saturated rings. The first-order valence-electron chi connectivity index (χ1n) is 9.72. The Morgan fingerprint density at radius 2 is 1.70 bits per heavy atom. The highest BCUT2D eigenvalue weighted by Crippen LogP contribution is 2.07. The van der Waals surface area contributed by atoms with Gasteiger partial charge in [0.2, 0.25) is 0 Å². The molecule has 27 heavy (non-hydrogen) atoms. The number of unbranched alkanes of at least 4 members (excludes halogenated alkanes) is 2. The van der Waals surface area contributed by atoms with Gasteiger partial charge in [0.15, 0.2) is 0 Å². The van der Waals surface area contributed by atoms with E-state index in [9.17, 15) is 20.1 Å². The summed E-state index contributed by atoms with van der Waals surface area (Å²) in [4.78, 5) is 11.2. The summed E-state index contributed by atoms with van der Waals surface area (Å²) in [6.45, 7) is 4.21. The Balaban J connectivity index is 4.03. The van der Waals surface area contributed by atoms with Crippen molar-refractivity contribution in [3.8, 4) is 11.8 Å². The van der Waals surface area contributed by atoms with Crippen molar-refractivity contribution in [2.24, 2.45) is 0 Å². The van der Waals surface area contributed by atoms with Gasteiger partial charge >= 0.3 is 5.97 Å². The molecule has 0 saturated heterocycles. The van der Waals surface area contributed by atoms with Crippen LogP contribution >= 0.6 is 0 Å². The summed E-state index contributed by atoms with van der Waals surface area (Å²) in [6, 6.07) is 0. The number of hydrogen-bond acceptors (Lipinski definition) is 5. The number of carbonyl (C=O) groups excluding carboxylic acids is 1. The van der Waals surface area contributed by atoms with Crippen molar-refractivity contribution in [1.29, 1.82) is 0 Å². The fraction of sp³-hybridized carbons (Fsp3) is 0.591. The number of carbonyl (C=O) groups is 1. The van der Waals surface area contributed by atoms with E-state index in [2.05, 4.69) is 18.8 Å². The van der Waals surface area contributed by atoms with E-state index in [0.29, 0.717) is 19.4 Å².